The molecule has 0 spiro atoms. The number of fused-ring (bicyclic) bond motifs is 5. The minimum Gasteiger partial charge on any atom is -0.333 e. The highest BCUT2D eigenvalue weighted by Gasteiger charge is 2.52. The molecule has 2 aliphatic carbocycles. The van der Waals surface area contributed by atoms with Gasteiger partial charge in [0.25, 0.3) is 0 Å². The molecule has 3 heteroatoms. The van der Waals surface area contributed by atoms with Crippen LogP contribution in [0, 0.1) is 24.7 Å². The third-order valence-corrected chi connectivity index (χ3v) is 12.9. The van der Waals surface area contributed by atoms with E-state index in [1.807, 2.05) is 18.2 Å². The zero-order chi connectivity index (χ0) is 40.0. The Morgan fingerprint density at radius 1 is 0.672 bits per heavy atom. The van der Waals surface area contributed by atoms with Crippen molar-refractivity contribution >= 4 is 17.0 Å². The fraction of sp³-hybridized carbons (Fsp3) is 0.200. The molecule has 286 valence electrons. The van der Waals surface area contributed by atoms with Gasteiger partial charge in [-0.25, -0.2) is 9.97 Å². The lowest BCUT2D eigenvalue weighted by Crippen LogP contribution is -2.35. The van der Waals surface area contributed by atoms with Crippen LogP contribution in [-0.4, -0.2) is 9.97 Å². The van der Waals surface area contributed by atoms with E-state index in [1.165, 1.54) is 50.3 Å². The SMILES string of the molecule is C/C=C\C(=C/C)c1ccc(-c2cc(-c3ccc(N4C(c5ccccc5C)=C(C)C5C6C=CC=CC6C(C)(C)c6ccccc6C54)cc3)nc(-c3ccccc3)n2)cc1. The molecule has 0 saturated heterocycles. The quantitative estimate of drug-likeness (QED) is 0.152. The molecule has 3 nitrogen and oxygen atoms in total. The van der Waals surface area contributed by atoms with Crippen molar-refractivity contribution in [3.05, 3.63) is 209 Å². The summed E-state index contributed by atoms with van der Waals surface area (Å²) >= 11 is 0. The normalized spacial score (nSPS) is 20.9. The molecule has 3 aliphatic rings. The van der Waals surface area contributed by atoms with Gasteiger partial charge in [0.15, 0.2) is 5.82 Å². The monoisotopic (exact) mass is 753 g/mol. The molecular formula is C55H51N3. The van der Waals surface area contributed by atoms with Gasteiger partial charge in [0.1, 0.15) is 0 Å². The topological polar surface area (TPSA) is 29.0 Å². The van der Waals surface area contributed by atoms with E-state index in [-0.39, 0.29) is 11.5 Å². The van der Waals surface area contributed by atoms with E-state index < -0.39 is 0 Å². The summed E-state index contributed by atoms with van der Waals surface area (Å²) in [5, 5.41) is 0. The summed E-state index contributed by atoms with van der Waals surface area (Å²) < 4.78 is 0. The van der Waals surface area contributed by atoms with Gasteiger partial charge in [0.05, 0.1) is 17.4 Å². The van der Waals surface area contributed by atoms with Crippen molar-refractivity contribution in [2.75, 3.05) is 4.90 Å². The molecule has 6 aromatic rings. The average Bonchev–Trinajstić information content (AvgIpc) is 3.53. The molecule has 0 radical (unpaired) electrons. The Morgan fingerprint density at radius 2 is 1.31 bits per heavy atom. The van der Waals surface area contributed by atoms with Gasteiger partial charge in [0, 0.05) is 39.6 Å². The van der Waals surface area contributed by atoms with Gasteiger partial charge < -0.3 is 4.90 Å². The highest BCUT2D eigenvalue weighted by Crippen LogP contribution is 2.60. The van der Waals surface area contributed by atoms with E-state index in [9.17, 15) is 0 Å². The minimum absolute atomic E-state index is 0.0332. The van der Waals surface area contributed by atoms with Crippen molar-refractivity contribution in [2.45, 2.75) is 53.0 Å². The van der Waals surface area contributed by atoms with Gasteiger partial charge in [0.2, 0.25) is 0 Å². The number of anilines is 1. The molecule has 0 fully saturated rings. The first kappa shape index (κ1) is 37.3. The van der Waals surface area contributed by atoms with Crippen LogP contribution in [0.15, 0.2) is 182 Å². The maximum absolute atomic E-state index is 5.20. The lowest BCUT2D eigenvalue weighted by molar-refractivity contribution is 0.256. The number of aromatic nitrogens is 2. The third-order valence-electron chi connectivity index (χ3n) is 12.9. The fourth-order valence-electron chi connectivity index (χ4n) is 10.0. The maximum Gasteiger partial charge on any atom is 0.160 e. The van der Waals surface area contributed by atoms with E-state index in [0.29, 0.717) is 23.6 Å². The van der Waals surface area contributed by atoms with Crippen LogP contribution < -0.4 is 4.90 Å². The molecule has 5 aromatic carbocycles. The van der Waals surface area contributed by atoms with Gasteiger partial charge in [-0.15, -0.1) is 0 Å². The van der Waals surface area contributed by atoms with E-state index in [0.717, 1.165) is 28.1 Å². The molecule has 0 N–H and O–H groups in total. The first-order chi connectivity index (χ1) is 28.3. The van der Waals surface area contributed by atoms with Crippen LogP contribution in [0.1, 0.15) is 68.5 Å². The molecule has 4 unspecified atom stereocenters. The van der Waals surface area contributed by atoms with Crippen LogP contribution in [0.5, 0.6) is 0 Å². The Hall–Kier alpha value is -6.32. The Labute approximate surface area is 344 Å². The Bertz CT molecular complexity index is 2640. The summed E-state index contributed by atoms with van der Waals surface area (Å²) in [5.74, 6) is 1.76. The largest absolute Gasteiger partial charge is 0.333 e. The van der Waals surface area contributed by atoms with Crippen molar-refractivity contribution in [3.8, 4) is 33.9 Å². The Kier molecular flexibility index (Phi) is 9.77. The van der Waals surface area contributed by atoms with Gasteiger partial charge in [-0.2, -0.15) is 0 Å². The molecule has 1 aromatic heterocycles. The molecule has 58 heavy (non-hydrogen) atoms. The molecule has 4 atom stereocenters. The van der Waals surface area contributed by atoms with E-state index in [1.54, 1.807) is 0 Å². The highest BCUT2D eigenvalue weighted by molar-refractivity contribution is 5.88. The summed E-state index contributed by atoms with van der Waals surface area (Å²) in [6.07, 6.45) is 15.9. The second kappa shape index (κ2) is 15.2. The average molecular weight is 754 g/mol. The van der Waals surface area contributed by atoms with E-state index in [4.69, 9.17) is 9.97 Å². The molecule has 2 heterocycles. The van der Waals surface area contributed by atoms with Crippen molar-refractivity contribution < 1.29 is 0 Å². The maximum atomic E-state index is 5.20. The number of rotatable bonds is 7. The number of allylic oxidation sites excluding steroid dienone is 8. The first-order valence-corrected chi connectivity index (χ1v) is 20.7. The molecular weight excluding hydrogens is 703 g/mol. The number of hydrogen-bond donors (Lipinski definition) is 0. The second-order valence-electron chi connectivity index (χ2n) is 16.6. The third kappa shape index (κ3) is 6.40. The van der Waals surface area contributed by atoms with Crippen LogP contribution in [0.4, 0.5) is 5.69 Å². The van der Waals surface area contributed by atoms with Crippen LogP contribution >= 0.6 is 0 Å². The zero-order valence-electron chi connectivity index (χ0n) is 34.4. The number of nitrogens with zero attached hydrogens (tertiary/aromatic N) is 3. The van der Waals surface area contributed by atoms with Crippen LogP contribution in [-0.2, 0) is 5.41 Å². The molecule has 0 amide bonds. The van der Waals surface area contributed by atoms with Crippen LogP contribution in [0.25, 0.3) is 45.2 Å². The smallest absolute Gasteiger partial charge is 0.160 e. The summed E-state index contributed by atoms with van der Waals surface area (Å²) in [6.45, 7) is 13.7. The lowest BCUT2D eigenvalue weighted by atomic mass is 9.64. The van der Waals surface area contributed by atoms with Gasteiger partial charge in [-0.05, 0) is 96.5 Å². The minimum atomic E-state index is -0.0332. The highest BCUT2D eigenvalue weighted by atomic mass is 15.2. The summed E-state index contributed by atoms with van der Waals surface area (Å²) in [5.41, 5.74) is 16.7. The number of aryl methyl sites for hydroxylation is 1. The zero-order valence-corrected chi connectivity index (χ0v) is 34.4. The second-order valence-corrected chi connectivity index (χ2v) is 16.6. The summed E-state index contributed by atoms with van der Waals surface area (Å²) in [7, 11) is 0. The van der Waals surface area contributed by atoms with Gasteiger partial charge >= 0.3 is 0 Å². The van der Waals surface area contributed by atoms with Gasteiger partial charge in [-0.1, -0.05) is 172 Å². The Balaban J connectivity index is 1.18. The van der Waals surface area contributed by atoms with Crippen molar-refractivity contribution in [2.24, 2.45) is 17.8 Å². The van der Waals surface area contributed by atoms with E-state index >= 15 is 0 Å². The molecule has 1 aliphatic heterocycles. The van der Waals surface area contributed by atoms with Crippen LogP contribution in [0.3, 0.4) is 0 Å². The standard InChI is InChI=1S/C55H51N3/c1-7-18-38(8-2)39-27-29-40(30-28-39)49-35-50(57-54(56-49)42-20-10-9-11-21-42)41-31-33-43(34-32-41)58-52(44-22-13-12-19-36(44)3)37(4)51-45-23-14-16-25-47(45)55(5,6)48-26-17-15-24-46(48)53(51)58/h7-35,45,47,51,53H,1-6H3/b18-7-,38-8+. The van der Waals surface area contributed by atoms with Crippen LogP contribution in [0.2, 0.25) is 0 Å². The summed E-state index contributed by atoms with van der Waals surface area (Å²) in [6, 6.07) is 48.6. The predicted molar refractivity (Wildman–Crippen MR) is 244 cm³/mol. The molecule has 0 saturated carbocycles. The predicted octanol–water partition coefficient (Wildman–Crippen LogP) is 14.0. The summed E-state index contributed by atoms with van der Waals surface area (Å²) in [4.78, 5) is 13.0. The fourth-order valence-corrected chi connectivity index (χ4v) is 10.0. The molecule has 9 rings (SSSR count). The molecule has 0 bridgehead atoms. The van der Waals surface area contributed by atoms with Crippen molar-refractivity contribution in [3.63, 3.8) is 0 Å². The van der Waals surface area contributed by atoms with Crippen molar-refractivity contribution in [1.82, 2.24) is 9.97 Å². The first-order valence-electron chi connectivity index (χ1n) is 20.7. The Morgan fingerprint density at radius 3 is 2.00 bits per heavy atom. The number of hydrogen-bond acceptors (Lipinski definition) is 3. The lowest BCUT2D eigenvalue weighted by Gasteiger charge is -2.39. The van der Waals surface area contributed by atoms with E-state index in [2.05, 4.69) is 204 Å². The van der Waals surface area contributed by atoms with Crippen molar-refractivity contribution in [1.29, 1.82) is 0 Å². The van der Waals surface area contributed by atoms with Gasteiger partial charge in [-0.3, -0.25) is 0 Å². The number of benzene rings is 5.